The average molecular weight is 353 g/mol. The SMILES string of the molecule is Cc1nc(NCCO)nc(NC2(C)CCC(CO)C2C)c1C(N)=S. The highest BCUT2D eigenvalue weighted by Crippen LogP contribution is 2.42. The first-order valence-corrected chi connectivity index (χ1v) is 8.65. The number of nitrogens with one attached hydrogen (secondary N) is 2. The summed E-state index contributed by atoms with van der Waals surface area (Å²) in [6, 6.07) is 0. The number of aryl methyl sites for hydroxylation is 1. The number of hydrogen-bond donors (Lipinski definition) is 5. The first-order valence-electron chi connectivity index (χ1n) is 8.24. The lowest BCUT2D eigenvalue weighted by atomic mass is 9.86. The quantitative estimate of drug-likeness (QED) is 0.462. The summed E-state index contributed by atoms with van der Waals surface area (Å²) in [4.78, 5) is 9.12. The Morgan fingerprint density at radius 2 is 2.12 bits per heavy atom. The smallest absolute Gasteiger partial charge is 0.224 e. The summed E-state index contributed by atoms with van der Waals surface area (Å²) in [5.74, 6) is 1.58. The first-order chi connectivity index (χ1) is 11.3. The molecule has 1 heterocycles. The number of thiocarbonyl (C=S) groups is 1. The van der Waals surface area contributed by atoms with Gasteiger partial charge in [-0.25, -0.2) is 4.98 Å². The van der Waals surface area contributed by atoms with Gasteiger partial charge in [0.05, 0.1) is 17.9 Å². The van der Waals surface area contributed by atoms with Crippen LogP contribution in [0.2, 0.25) is 0 Å². The van der Waals surface area contributed by atoms with Crippen LogP contribution in [0.25, 0.3) is 0 Å². The van der Waals surface area contributed by atoms with E-state index in [0.717, 1.165) is 12.8 Å². The molecule has 0 aromatic carbocycles. The second kappa shape index (κ2) is 7.58. The van der Waals surface area contributed by atoms with Crippen LogP contribution >= 0.6 is 12.2 Å². The predicted molar refractivity (Wildman–Crippen MR) is 99.2 cm³/mol. The largest absolute Gasteiger partial charge is 0.396 e. The van der Waals surface area contributed by atoms with Crippen LogP contribution in [-0.4, -0.2) is 50.5 Å². The topological polar surface area (TPSA) is 116 Å². The third-order valence-electron chi connectivity index (χ3n) is 5.12. The molecule has 1 saturated carbocycles. The summed E-state index contributed by atoms with van der Waals surface area (Å²) < 4.78 is 0. The molecule has 0 saturated heterocycles. The van der Waals surface area contributed by atoms with Gasteiger partial charge in [0.2, 0.25) is 5.95 Å². The molecule has 3 atom stereocenters. The summed E-state index contributed by atoms with van der Waals surface area (Å²) >= 11 is 5.18. The first kappa shape index (κ1) is 18.8. The van der Waals surface area contributed by atoms with Gasteiger partial charge in [-0.05, 0) is 38.5 Å². The molecule has 134 valence electrons. The Kier molecular flexibility index (Phi) is 5.95. The van der Waals surface area contributed by atoms with Gasteiger partial charge in [0.1, 0.15) is 10.8 Å². The molecule has 8 heteroatoms. The van der Waals surface area contributed by atoms with E-state index < -0.39 is 0 Å². The van der Waals surface area contributed by atoms with E-state index in [4.69, 9.17) is 23.1 Å². The van der Waals surface area contributed by atoms with Gasteiger partial charge in [0.25, 0.3) is 0 Å². The van der Waals surface area contributed by atoms with E-state index in [9.17, 15) is 5.11 Å². The zero-order chi connectivity index (χ0) is 17.9. The lowest BCUT2D eigenvalue weighted by molar-refractivity contribution is 0.187. The van der Waals surface area contributed by atoms with Crippen molar-refractivity contribution in [2.75, 3.05) is 30.4 Å². The number of nitrogens with two attached hydrogens (primary N) is 1. The van der Waals surface area contributed by atoms with Crippen molar-refractivity contribution < 1.29 is 10.2 Å². The fraction of sp³-hybridized carbons (Fsp3) is 0.688. The summed E-state index contributed by atoms with van der Waals surface area (Å²) in [6.07, 6.45) is 1.89. The molecule has 3 unspecified atom stereocenters. The molecule has 1 aromatic heterocycles. The molecule has 1 aromatic rings. The molecule has 0 bridgehead atoms. The molecule has 7 nitrogen and oxygen atoms in total. The Morgan fingerprint density at radius 1 is 1.42 bits per heavy atom. The van der Waals surface area contributed by atoms with Crippen LogP contribution in [0.15, 0.2) is 0 Å². The highest BCUT2D eigenvalue weighted by molar-refractivity contribution is 7.80. The molecular formula is C16H27N5O2S. The summed E-state index contributed by atoms with van der Waals surface area (Å²) in [5, 5.41) is 25.0. The van der Waals surface area contributed by atoms with E-state index in [1.807, 2.05) is 6.92 Å². The van der Waals surface area contributed by atoms with Gasteiger partial charge in [-0.3, -0.25) is 0 Å². The third kappa shape index (κ3) is 3.76. The van der Waals surface area contributed by atoms with Gasteiger partial charge in [0.15, 0.2) is 0 Å². The van der Waals surface area contributed by atoms with Gasteiger partial charge < -0.3 is 26.6 Å². The van der Waals surface area contributed by atoms with E-state index in [2.05, 4.69) is 34.4 Å². The molecule has 1 aliphatic rings. The molecule has 0 spiro atoms. The van der Waals surface area contributed by atoms with E-state index in [0.29, 0.717) is 29.6 Å². The van der Waals surface area contributed by atoms with Gasteiger partial charge in [-0.15, -0.1) is 0 Å². The number of aromatic nitrogens is 2. The average Bonchev–Trinajstić information content (AvgIpc) is 2.79. The zero-order valence-corrected chi connectivity index (χ0v) is 15.3. The zero-order valence-electron chi connectivity index (χ0n) is 14.5. The number of aliphatic hydroxyl groups excluding tert-OH is 2. The lowest BCUT2D eigenvalue weighted by Gasteiger charge is -2.34. The van der Waals surface area contributed by atoms with E-state index in [-0.39, 0.29) is 35.6 Å². The second-order valence-electron chi connectivity index (χ2n) is 6.68. The molecule has 2 rings (SSSR count). The van der Waals surface area contributed by atoms with Crippen molar-refractivity contribution in [2.45, 2.75) is 39.2 Å². The monoisotopic (exact) mass is 353 g/mol. The third-order valence-corrected chi connectivity index (χ3v) is 5.32. The van der Waals surface area contributed by atoms with Crippen molar-refractivity contribution in [1.82, 2.24) is 9.97 Å². The minimum atomic E-state index is -0.206. The predicted octanol–water partition coefficient (Wildman–Crippen LogP) is 1.03. The summed E-state index contributed by atoms with van der Waals surface area (Å²) in [6.45, 7) is 6.66. The van der Waals surface area contributed by atoms with Crippen molar-refractivity contribution in [3.05, 3.63) is 11.3 Å². The Morgan fingerprint density at radius 3 is 2.67 bits per heavy atom. The van der Waals surface area contributed by atoms with Gasteiger partial charge >= 0.3 is 0 Å². The van der Waals surface area contributed by atoms with Crippen LogP contribution in [0, 0.1) is 18.8 Å². The van der Waals surface area contributed by atoms with Gasteiger partial charge in [0, 0.05) is 18.7 Å². The molecule has 1 fully saturated rings. The maximum Gasteiger partial charge on any atom is 0.224 e. The number of rotatable bonds is 7. The van der Waals surface area contributed by atoms with Crippen LogP contribution in [0.1, 0.15) is 37.9 Å². The number of anilines is 2. The molecule has 0 aliphatic heterocycles. The van der Waals surface area contributed by atoms with Crippen molar-refractivity contribution in [3.63, 3.8) is 0 Å². The van der Waals surface area contributed by atoms with Gasteiger partial charge in [-0.2, -0.15) is 4.98 Å². The van der Waals surface area contributed by atoms with Crippen molar-refractivity contribution >= 4 is 29.0 Å². The number of hydrogen-bond acceptors (Lipinski definition) is 7. The maximum absolute atomic E-state index is 9.54. The number of nitrogens with zero attached hydrogens (tertiary/aromatic N) is 2. The molecule has 0 amide bonds. The Labute approximate surface area is 148 Å². The van der Waals surface area contributed by atoms with Crippen molar-refractivity contribution in [3.8, 4) is 0 Å². The van der Waals surface area contributed by atoms with Crippen LogP contribution < -0.4 is 16.4 Å². The van der Waals surface area contributed by atoms with Crippen LogP contribution in [0.3, 0.4) is 0 Å². The fourth-order valence-corrected chi connectivity index (χ4v) is 3.63. The van der Waals surface area contributed by atoms with Crippen LogP contribution in [0.4, 0.5) is 11.8 Å². The van der Waals surface area contributed by atoms with E-state index >= 15 is 0 Å². The minimum absolute atomic E-state index is 0.00481. The molecule has 24 heavy (non-hydrogen) atoms. The normalized spacial score (nSPS) is 26.4. The fourth-order valence-electron chi connectivity index (χ4n) is 3.38. The lowest BCUT2D eigenvalue weighted by Crippen LogP contribution is -2.40. The van der Waals surface area contributed by atoms with Crippen molar-refractivity contribution in [1.29, 1.82) is 0 Å². The molecule has 1 aliphatic carbocycles. The summed E-state index contributed by atoms with van der Waals surface area (Å²) in [7, 11) is 0. The molecular weight excluding hydrogens is 326 g/mol. The Hall–Kier alpha value is -1.51. The minimum Gasteiger partial charge on any atom is -0.396 e. The Balaban J connectivity index is 2.36. The number of aliphatic hydroxyl groups is 2. The van der Waals surface area contributed by atoms with E-state index in [1.165, 1.54) is 0 Å². The standard InChI is InChI=1S/C16H27N5O2S/c1-9-11(8-23)4-5-16(9,3)21-14-12(13(17)24)10(2)19-15(20-14)18-6-7-22/h9,11,22-23H,4-8H2,1-3H3,(H2,17,24)(H2,18,19,20,21). The maximum atomic E-state index is 9.54. The van der Waals surface area contributed by atoms with E-state index in [1.54, 1.807) is 0 Å². The van der Waals surface area contributed by atoms with Crippen molar-refractivity contribution in [2.24, 2.45) is 17.6 Å². The molecule has 0 radical (unpaired) electrons. The van der Waals surface area contributed by atoms with Gasteiger partial charge in [-0.1, -0.05) is 19.1 Å². The second-order valence-corrected chi connectivity index (χ2v) is 7.12. The highest BCUT2D eigenvalue weighted by atomic mass is 32.1. The molecule has 6 N–H and O–H groups in total. The highest BCUT2D eigenvalue weighted by Gasteiger charge is 2.42. The Bertz CT molecular complexity index is 612. The summed E-state index contributed by atoms with van der Waals surface area (Å²) in [5.41, 5.74) is 7.00. The van der Waals surface area contributed by atoms with Crippen LogP contribution in [-0.2, 0) is 0 Å². The van der Waals surface area contributed by atoms with Crippen LogP contribution in [0.5, 0.6) is 0 Å².